The second-order valence-electron chi connectivity index (χ2n) is 5.00. The molecule has 23 heavy (non-hydrogen) atoms. The van der Waals surface area contributed by atoms with Crippen LogP contribution in [-0.2, 0) is 4.79 Å². The molecule has 2 aromatic carbocycles. The Morgan fingerprint density at radius 2 is 1.83 bits per heavy atom. The number of carboxylic acid groups (broad SMARTS) is 1. The molecule has 0 saturated carbocycles. The second kappa shape index (κ2) is 7.62. The molecular formula is C17H20N2O4. The van der Waals surface area contributed by atoms with E-state index < -0.39 is 12.1 Å². The predicted molar refractivity (Wildman–Crippen MR) is 86.4 cm³/mol. The molecule has 0 fully saturated rings. The molecule has 0 spiro atoms. The normalized spacial score (nSPS) is 13.2. The number of ether oxygens (including phenoxy) is 2. The zero-order valence-electron chi connectivity index (χ0n) is 12.8. The summed E-state index contributed by atoms with van der Waals surface area (Å²) in [4.78, 5) is 11.6. The fraction of sp³-hybridized carbons (Fsp3) is 0.235. The van der Waals surface area contributed by atoms with Crippen LogP contribution in [0.3, 0.4) is 0 Å². The fourth-order valence-corrected chi connectivity index (χ4v) is 2.17. The van der Waals surface area contributed by atoms with Crippen LogP contribution in [0.4, 0.5) is 0 Å². The first kappa shape index (κ1) is 16.8. The van der Waals surface area contributed by atoms with E-state index in [2.05, 4.69) is 0 Å². The van der Waals surface area contributed by atoms with Crippen LogP contribution in [-0.4, -0.2) is 24.7 Å². The van der Waals surface area contributed by atoms with Crippen LogP contribution >= 0.6 is 0 Å². The van der Waals surface area contributed by atoms with E-state index in [9.17, 15) is 9.90 Å². The van der Waals surface area contributed by atoms with E-state index in [-0.39, 0.29) is 12.6 Å². The van der Waals surface area contributed by atoms with Gasteiger partial charge in [-0.2, -0.15) is 0 Å². The Balaban J connectivity index is 2.37. The average Bonchev–Trinajstić information content (AvgIpc) is 2.59. The maximum Gasteiger partial charge on any atom is 0.349 e. The van der Waals surface area contributed by atoms with Gasteiger partial charge in [0.2, 0.25) is 6.10 Å². The highest BCUT2D eigenvalue weighted by Crippen LogP contribution is 2.33. The maximum absolute atomic E-state index is 11.6. The minimum Gasteiger partial charge on any atom is -0.493 e. The van der Waals surface area contributed by atoms with E-state index in [4.69, 9.17) is 20.9 Å². The van der Waals surface area contributed by atoms with E-state index in [1.807, 2.05) is 6.07 Å². The lowest BCUT2D eigenvalue weighted by atomic mass is 10.1. The molecule has 5 N–H and O–H groups in total. The van der Waals surface area contributed by atoms with E-state index in [0.717, 1.165) is 5.56 Å². The van der Waals surface area contributed by atoms with Gasteiger partial charge in [-0.15, -0.1) is 0 Å². The third kappa shape index (κ3) is 4.00. The van der Waals surface area contributed by atoms with Gasteiger partial charge in [-0.3, -0.25) is 0 Å². The lowest BCUT2D eigenvalue weighted by Crippen LogP contribution is -2.21. The van der Waals surface area contributed by atoms with Crippen LogP contribution < -0.4 is 20.9 Å². The van der Waals surface area contributed by atoms with Crippen molar-refractivity contribution < 1.29 is 19.4 Å². The number of aliphatic carboxylic acids is 1. The molecule has 0 bridgehead atoms. The molecule has 0 amide bonds. The third-order valence-corrected chi connectivity index (χ3v) is 3.44. The Morgan fingerprint density at radius 1 is 1.13 bits per heavy atom. The summed E-state index contributed by atoms with van der Waals surface area (Å²) in [6.45, 7) is 0.271. The second-order valence-corrected chi connectivity index (χ2v) is 5.00. The number of carbonyl (C=O) groups is 1. The van der Waals surface area contributed by atoms with Crippen LogP contribution in [0.5, 0.6) is 11.5 Å². The molecule has 0 aliphatic carbocycles. The average molecular weight is 316 g/mol. The predicted octanol–water partition coefficient (Wildman–Crippen LogP) is 1.86. The minimum atomic E-state index is -1.14. The Morgan fingerprint density at radius 3 is 2.39 bits per heavy atom. The third-order valence-electron chi connectivity index (χ3n) is 3.44. The highest BCUT2D eigenvalue weighted by molar-refractivity contribution is 5.75. The summed E-state index contributed by atoms with van der Waals surface area (Å²) >= 11 is 0. The summed E-state index contributed by atoms with van der Waals surface area (Å²) in [5, 5.41) is 9.47. The molecular weight excluding hydrogens is 296 g/mol. The van der Waals surface area contributed by atoms with Crippen molar-refractivity contribution >= 4 is 5.97 Å². The summed E-state index contributed by atoms with van der Waals surface area (Å²) < 4.78 is 10.9. The number of methoxy groups -OCH3 is 1. The Labute approximate surface area is 134 Å². The van der Waals surface area contributed by atoms with Gasteiger partial charge in [0.1, 0.15) is 0 Å². The van der Waals surface area contributed by atoms with Crippen LogP contribution in [0.2, 0.25) is 0 Å². The van der Waals surface area contributed by atoms with Crippen molar-refractivity contribution in [1.29, 1.82) is 0 Å². The highest BCUT2D eigenvalue weighted by Gasteiger charge is 2.23. The van der Waals surface area contributed by atoms with E-state index in [0.29, 0.717) is 17.1 Å². The maximum atomic E-state index is 11.6. The van der Waals surface area contributed by atoms with Crippen LogP contribution in [0.1, 0.15) is 23.3 Å². The molecule has 0 saturated heterocycles. The van der Waals surface area contributed by atoms with Gasteiger partial charge in [-0.25, -0.2) is 4.79 Å². The quantitative estimate of drug-likeness (QED) is 0.719. The summed E-state index contributed by atoms with van der Waals surface area (Å²) in [6.07, 6.45) is -1.14. The van der Waals surface area contributed by atoms with Gasteiger partial charge in [-0.05, 0) is 17.7 Å². The van der Waals surface area contributed by atoms with Crippen molar-refractivity contribution in [3.8, 4) is 11.5 Å². The number of hydrogen-bond donors (Lipinski definition) is 3. The lowest BCUT2D eigenvalue weighted by Gasteiger charge is -2.19. The fourth-order valence-electron chi connectivity index (χ4n) is 2.17. The molecule has 122 valence electrons. The van der Waals surface area contributed by atoms with Gasteiger partial charge in [0, 0.05) is 18.2 Å². The van der Waals surface area contributed by atoms with E-state index in [1.54, 1.807) is 42.5 Å². The molecule has 6 nitrogen and oxygen atoms in total. The van der Waals surface area contributed by atoms with Gasteiger partial charge in [-0.1, -0.05) is 36.4 Å². The van der Waals surface area contributed by atoms with Crippen molar-refractivity contribution in [3.05, 3.63) is 59.7 Å². The van der Waals surface area contributed by atoms with Crippen LogP contribution in [0, 0.1) is 0 Å². The van der Waals surface area contributed by atoms with Gasteiger partial charge in [0.25, 0.3) is 0 Å². The Kier molecular flexibility index (Phi) is 5.56. The summed E-state index contributed by atoms with van der Waals surface area (Å²) in [6, 6.07) is 13.5. The number of benzene rings is 2. The van der Waals surface area contributed by atoms with Gasteiger partial charge < -0.3 is 26.0 Å². The standard InChI is InChI=1S/C17H20N2O4/c1-22-14-8-7-12(13(19)10-18)9-15(14)23-16(17(20)21)11-5-3-2-4-6-11/h2-9,13,16H,10,18-19H2,1H3,(H,20,21). The van der Waals surface area contributed by atoms with E-state index in [1.165, 1.54) is 7.11 Å². The van der Waals surface area contributed by atoms with Gasteiger partial charge in [0.15, 0.2) is 11.5 Å². The van der Waals surface area contributed by atoms with Crippen LogP contribution in [0.25, 0.3) is 0 Å². The molecule has 2 rings (SSSR count). The summed E-state index contributed by atoms with van der Waals surface area (Å²) in [7, 11) is 1.49. The first-order valence-corrected chi connectivity index (χ1v) is 7.14. The van der Waals surface area contributed by atoms with Crippen LogP contribution in [0.15, 0.2) is 48.5 Å². The Bertz CT molecular complexity index is 661. The molecule has 0 heterocycles. The van der Waals surface area contributed by atoms with Gasteiger partial charge in [0.05, 0.1) is 7.11 Å². The first-order valence-electron chi connectivity index (χ1n) is 7.14. The molecule has 6 heteroatoms. The number of carboxylic acids is 1. The topological polar surface area (TPSA) is 108 Å². The molecule has 2 atom stereocenters. The SMILES string of the molecule is COc1ccc(C(N)CN)cc1OC(C(=O)O)c1ccccc1. The van der Waals surface area contributed by atoms with Crippen molar-refractivity contribution in [2.45, 2.75) is 12.1 Å². The number of nitrogens with two attached hydrogens (primary N) is 2. The highest BCUT2D eigenvalue weighted by atomic mass is 16.5. The number of hydrogen-bond acceptors (Lipinski definition) is 5. The summed E-state index contributed by atoms with van der Waals surface area (Å²) in [5.41, 5.74) is 12.8. The van der Waals surface area contributed by atoms with Crippen molar-refractivity contribution in [1.82, 2.24) is 0 Å². The zero-order valence-corrected chi connectivity index (χ0v) is 12.8. The smallest absolute Gasteiger partial charge is 0.349 e. The van der Waals surface area contributed by atoms with E-state index >= 15 is 0 Å². The van der Waals surface area contributed by atoms with Crippen molar-refractivity contribution in [2.75, 3.05) is 13.7 Å². The van der Waals surface area contributed by atoms with Crippen molar-refractivity contribution in [3.63, 3.8) is 0 Å². The largest absolute Gasteiger partial charge is 0.493 e. The van der Waals surface area contributed by atoms with Crippen molar-refractivity contribution in [2.24, 2.45) is 11.5 Å². The molecule has 0 aliphatic heterocycles. The summed E-state index contributed by atoms with van der Waals surface area (Å²) in [5.74, 6) is -0.350. The zero-order chi connectivity index (χ0) is 16.8. The first-order chi connectivity index (χ1) is 11.1. The van der Waals surface area contributed by atoms with Gasteiger partial charge >= 0.3 is 5.97 Å². The minimum absolute atomic E-state index is 0.271. The lowest BCUT2D eigenvalue weighted by molar-refractivity contribution is -0.145. The monoisotopic (exact) mass is 316 g/mol. The molecule has 2 aromatic rings. The Hall–Kier alpha value is -2.57. The molecule has 0 radical (unpaired) electrons. The number of rotatable bonds is 7. The molecule has 2 unspecified atom stereocenters. The molecule has 0 aromatic heterocycles. The molecule has 0 aliphatic rings.